The van der Waals surface area contributed by atoms with E-state index in [2.05, 4.69) is 43.4 Å². The molecule has 0 saturated carbocycles. The van der Waals surface area contributed by atoms with Gasteiger partial charge in [0.05, 0.1) is 0 Å². The molecule has 1 aromatic carbocycles. The number of hydrogen-bond acceptors (Lipinski definition) is 2. The van der Waals surface area contributed by atoms with Crippen LogP contribution in [0.3, 0.4) is 0 Å². The van der Waals surface area contributed by atoms with Crippen molar-refractivity contribution in [2.24, 2.45) is 5.92 Å². The summed E-state index contributed by atoms with van der Waals surface area (Å²) in [5, 5.41) is 2.94. The minimum absolute atomic E-state index is 0.0356. The highest BCUT2D eigenvalue weighted by molar-refractivity contribution is 5.85. The molecule has 0 spiro atoms. The molecule has 2 amide bonds. The van der Waals surface area contributed by atoms with E-state index >= 15 is 0 Å². The fraction of sp³-hybridized carbons (Fsp3) is 0.579. The molecule has 0 aliphatic carbocycles. The Morgan fingerprint density at radius 2 is 1.96 bits per heavy atom. The number of carbonyl (C=O) groups is 2. The summed E-state index contributed by atoms with van der Waals surface area (Å²) >= 11 is 0. The Labute approximate surface area is 139 Å². The third-order valence-electron chi connectivity index (χ3n) is 4.59. The number of benzene rings is 1. The molecule has 1 N–H and O–H groups in total. The highest BCUT2D eigenvalue weighted by Crippen LogP contribution is 2.20. The number of nitrogens with zero attached hydrogens (tertiary/aromatic N) is 1. The zero-order chi connectivity index (χ0) is 16.8. The summed E-state index contributed by atoms with van der Waals surface area (Å²) in [4.78, 5) is 26.1. The van der Waals surface area contributed by atoms with E-state index in [0.29, 0.717) is 18.9 Å². The van der Waals surface area contributed by atoms with Crippen molar-refractivity contribution >= 4 is 11.8 Å². The summed E-state index contributed by atoms with van der Waals surface area (Å²) in [5.41, 5.74) is 2.39. The zero-order valence-electron chi connectivity index (χ0n) is 14.5. The van der Waals surface area contributed by atoms with Crippen molar-refractivity contribution in [2.45, 2.75) is 52.0 Å². The summed E-state index contributed by atoms with van der Waals surface area (Å²) in [5.74, 6) is 0.424. The van der Waals surface area contributed by atoms with Gasteiger partial charge >= 0.3 is 0 Å². The lowest BCUT2D eigenvalue weighted by Crippen LogP contribution is -2.34. The Hall–Kier alpha value is -1.84. The number of nitrogens with one attached hydrogen (secondary N) is 1. The molecule has 1 aromatic rings. The Morgan fingerprint density at radius 1 is 1.26 bits per heavy atom. The first kappa shape index (κ1) is 17.5. The monoisotopic (exact) mass is 316 g/mol. The van der Waals surface area contributed by atoms with Crippen LogP contribution in [-0.4, -0.2) is 30.3 Å². The molecule has 0 radical (unpaired) electrons. The second-order valence-electron chi connectivity index (χ2n) is 6.83. The zero-order valence-corrected chi connectivity index (χ0v) is 14.5. The van der Waals surface area contributed by atoms with E-state index in [1.54, 1.807) is 4.90 Å². The average Bonchev–Trinajstić information content (AvgIpc) is 2.69. The van der Waals surface area contributed by atoms with Gasteiger partial charge in [-0.3, -0.25) is 9.59 Å². The molecule has 1 aliphatic heterocycles. The number of hydrogen-bond donors (Lipinski definition) is 1. The van der Waals surface area contributed by atoms with Crippen LogP contribution in [0.4, 0.5) is 0 Å². The third kappa shape index (κ3) is 5.08. The maximum absolute atomic E-state index is 12.2. The largest absolute Gasteiger partial charge is 0.352 e. The summed E-state index contributed by atoms with van der Waals surface area (Å²) in [6.07, 6.45) is 3.17. The van der Waals surface area contributed by atoms with Gasteiger partial charge in [0, 0.05) is 32.5 Å². The molecule has 2 rings (SSSR count). The van der Waals surface area contributed by atoms with E-state index in [1.165, 1.54) is 5.56 Å². The predicted octanol–water partition coefficient (Wildman–Crippen LogP) is 3.07. The SMILES string of the molecule is CC(C)c1ccc(CNC(=O)CC2CCCCN(C)C2=O)cc1. The molecule has 1 atom stereocenters. The van der Waals surface area contributed by atoms with Gasteiger partial charge in [-0.2, -0.15) is 0 Å². The molecule has 1 heterocycles. The predicted molar refractivity (Wildman–Crippen MR) is 92.0 cm³/mol. The van der Waals surface area contributed by atoms with Crippen LogP contribution in [0.1, 0.15) is 56.6 Å². The highest BCUT2D eigenvalue weighted by Gasteiger charge is 2.26. The second-order valence-corrected chi connectivity index (χ2v) is 6.83. The molecular formula is C19H28N2O2. The van der Waals surface area contributed by atoms with Gasteiger partial charge in [0.15, 0.2) is 0 Å². The lowest BCUT2D eigenvalue weighted by atomic mass is 9.98. The molecule has 126 valence electrons. The third-order valence-corrected chi connectivity index (χ3v) is 4.59. The van der Waals surface area contributed by atoms with Crippen molar-refractivity contribution < 1.29 is 9.59 Å². The normalized spacial score (nSPS) is 18.9. The van der Waals surface area contributed by atoms with Crippen LogP contribution >= 0.6 is 0 Å². The van der Waals surface area contributed by atoms with E-state index in [-0.39, 0.29) is 17.7 Å². The van der Waals surface area contributed by atoms with E-state index in [0.717, 1.165) is 31.4 Å². The van der Waals surface area contributed by atoms with Crippen LogP contribution in [0.2, 0.25) is 0 Å². The molecule has 0 bridgehead atoms. The van der Waals surface area contributed by atoms with Gasteiger partial charge in [-0.25, -0.2) is 0 Å². The first-order chi connectivity index (χ1) is 11.0. The smallest absolute Gasteiger partial charge is 0.225 e. The van der Waals surface area contributed by atoms with Crippen LogP contribution in [0.5, 0.6) is 0 Å². The van der Waals surface area contributed by atoms with Gasteiger partial charge in [-0.1, -0.05) is 44.5 Å². The summed E-state index contributed by atoms with van der Waals surface area (Å²) < 4.78 is 0. The van der Waals surface area contributed by atoms with Crippen molar-refractivity contribution in [3.8, 4) is 0 Å². The van der Waals surface area contributed by atoms with E-state index in [1.807, 2.05) is 7.05 Å². The molecule has 1 saturated heterocycles. The Bertz CT molecular complexity index is 537. The molecule has 1 fully saturated rings. The highest BCUT2D eigenvalue weighted by atomic mass is 16.2. The van der Waals surface area contributed by atoms with Gasteiger partial charge in [-0.05, 0) is 29.9 Å². The van der Waals surface area contributed by atoms with Crippen molar-refractivity contribution in [1.82, 2.24) is 10.2 Å². The topological polar surface area (TPSA) is 49.4 Å². The Morgan fingerprint density at radius 3 is 2.61 bits per heavy atom. The lowest BCUT2D eigenvalue weighted by Gasteiger charge is -2.19. The molecule has 0 aromatic heterocycles. The maximum atomic E-state index is 12.2. The standard InChI is InChI=1S/C19H28N2O2/c1-14(2)16-9-7-15(8-10-16)13-20-18(22)12-17-6-4-5-11-21(3)19(17)23/h7-10,14,17H,4-6,11-13H2,1-3H3,(H,20,22). The molecule has 4 heteroatoms. The van der Waals surface area contributed by atoms with Gasteiger partial charge < -0.3 is 10.2 Å². The molecule has 1 unspecified atom stereocenters. The van der Waals surface area contributed by atoms with Crippen molar-refractivity contribution in [3.63, 3.8) is 0 Å². The number of rotatable bonds is 5. The molecular weight excluding hydrogens is 288 g/mol. The quantitative estimate of drug-likeness (QED) is 0.907. The summed E-state index contributed by atoms with van der Waals surface area (Å²) in [6, 6.07) is 8.33. The summed E-state index contributed by atoms with van der Waals surface area (Å²) in [6.45, 7) is 5.65. The van der Waals surface area contributed by atoms with Gasteiger partial charge in [0.2, 0.25) is 11.8 Å². The fourth-order valence-electron chi connectivity index (χ4n) is 2.99. The van der Waals surface area contributed by atoms with Gasteiger partial charge in [0.1, 0.15) is 0 Å². The Kier molecular flexibility index (Phi) is 6.20. The van der Waals surface area contributed by atoms with Crippen LogP contribution in [-0.2, 0) is 16.1 Å². The van der Waals surface area contributed by atoms with E-state index < -0.39 is 0 Å². The number of carbonyl (C=O) groups excluding carboxylic acids is 2. The lowest BCUT2D eigenvalue weighted by molar-refractivity contribution is -0.136. The van der Waals surface area contributed by atoms with Crippen LogP contribution in [0, 0.1) is 5.92 Å². The first-order valence-electron chi connectivity index (χ1n) is 8.58. The molecule has 23 heavy (non-hydrogen) atoms. The molecule has 1 aliphatic rings. The number of amides is 2. The Balaban J connectivity index is 1.83. The van der Waals surface area contributed by atoms with Crippen LogP contribution in [0.15, 0.2) is 24.3 Å². The molecule has 4 nitrogen and oxygen atoms in total. The maximum Gasteiger partial charge on any atom is 0.225 e. The van der Waals surface area contributed by atoms with Crippen LogP contribution < -0.4 is 5.32 Å². The van der Waals surface area contributed by atoms with Crippen molar-refractivity contribution in [2.75, 3.05) is 13.6 Å². The minimum atomic E-state index is -0.161. The fourth-order valence-corrected chi connectivity index (χ4v) is 2.99. The summed E-state index contributed by atoms with van der Waals surface area (Å²) in [7, 11) is 1.83. The van der Waals surface area contributed by atoms with E-state index in [4.69, 9.17) is 0 Å². The van der Waals surface area contributed by atoms with Gasteiger partial charge in [0.25, 0.3) is 0 Å². The first-order valence-corrected chi connectivity index (χ1v) is 8.58. The number of likely N-dealkylation sites (tertiary alicyclic amines) is 1. The van der Waals surface area contributed by atoms with Crippen molar-refractivity contribution in [1.29, 1.82) is 0 Å². The van der Waals surface area contributed by atoms with Gasteiger partial charge in [-0.15, -0.1) is 0 Å². The second kappa shape index (κ2) is 8.14. The van der Waals surface area contributed by atoms with Crippen LogP contribution in [0.25, 0.3) is 0 Å². The van der Waals surface area contributed by atoms with E-state index in [9.17, 15) is 9.59 Å². The average molecular weight is 316 g/mol. The van der Waals surface area contributed by atoms with Crippen molar-refractivity contribution in [3.05, 3.63) is 35.4 Å². The minimum Gasteiger partial charge on any atom is -0.352 e.